The SMILES string of the molecule is O=C(O)N1CCN(c2ncn(Cn3ccc(C(F)(F)F)n3)c(=O)n2)CC1. The normalized spacial score (nSPS) is 15.3. The molecule has 1 amide bonds. The number of carboxylic acid groups (broad SMARTS) is 1. The quantitative estimate of drug-likeness (QED) is 0.816. The molecular formula is C13H14F3N7O3. The molecule has 0 spiro atoms. The molecule has 1 aliphatic rings. The maximum Gasteiger partial charge on any atom is 0.435 e. The van der Waals surface area contributed by atoms with Crippen molar-refractivity contribution in [2.45, 2.75) is 12.8 Å². The first kappa shape index (κ1) is 17.7. The zero-order chi connectivity index (χ0) is 18.9. The van der Waals surface area contributed by atoms with Gasteiger partial charge in [-0.25, -0.2) is 14.6 Å². The van der Waals surface area contributed by atoms with E-state index in [1.54, 1.807) is 4.90 Å². The Hall–Kier alpha value is -3.12. The summed E-state index contributed by atoms with van der Waals surface area (Å²) < 4.78 is 39.6. The minimum absolute atomic E-state index is 0.146. The minimum Gasteiger partial charge on any atom is -0.465 e. The number of piperazine rings is 1. The molecule has 3 heterocycles. The van der Waals surface area contributed by atoms with Crippen molar-refractivity contribution in [3.05, 3.63) is 34.8 Å². The van der Waals surface area contributed by atoms with Gasteiger partial charge in [-0.3, -0.25) is 9.25 Å². The van der Waals surface area contributed by atoms with Crippen molar-refractivity contribution in [1.82, 2.24) is 29.2 Å². The smallest absolute Gasteiger partial charge is 0.435 e. The summed E-state index contributed by atoms with van der Waals surface area (Å²) in [7, 11) is 0. The molecule has 0 radical (unpaired) electrons. The second kappa shape index (κ2) is 6.65. The summed E-state index contributed by atoms with van der Waals surface area (Å²) in [6.45, 7) is 0.931. The van der Waals surface area contributed by atoms with Crippen LogP contribution in [0, 0.1) is 0 Å². The Morgan fingerprint density at radius 2 is 1.92 bits per heavy atom. The molecule has 2 aromatic rings. The molecule has 0 aliphatic carbocycles. The number of nitrogens with zero attached hydrogens (tertiary/aromatic N) is 7. The lowest BCUT2D eigenvalue weighted by molar-refractivity contribution is -0.141. The lowest BCUT2D eigenvalue weighted by Gasteiger charge is -2.32. The first-order chi connectivity index (χ1) is 12.2. The van der Waals surface area contributed by atoms with Crippen LogP contribution in [0.5, 0.6) is 0 Å². The molecule has 1 fully saturated rings. The first-order valence-corrected chi connectivity index (χ1v) is 7.51. The van der Waals surface area contributed by atoms with Crippen molar-refractivity contribution < 1.29 is 23.1 Å². The van der Waals surface area contributed by atoms with Crippen LogP contribution in [0.25, 0.3) is 0 Å². The van der Waals surface area contributed by atoms with Gasteiger partial charge < -0.3 is 14.9 Å². The van der Waals surface area contributed by atoms with Crippen LogP contribution in [-0.2, 0) is 12.8 Å². The van der Waals surface area contributed by atoms with Gasteiger partial charge in [0.25, 0.3) is 0 Å². The molecule has 13 heteroatoms. The highest BCUT2D eigenvalue weighted by Gasteiger charge is 2.33. The maximum atomic E-state index is 12.5. The Labute approximate surface area is 144 Å². The van der Waals surface area contributed by atoms with Crippen LogP contribution in [0.4, 0.5) is 23.9 Å². The summed E-state index contributed by atoms with van der Waals surface area (Å²) in [6.07, 6.45) is -3.30. The average Bonchev–Trinajstić information content (AvgIpc) is 3.06. The van der Waals surface area contributed by atoms with Crippen LogP contribution < -0.4 is 10.6 Å². The van der Waals surface area contributed by atoms with E-state index in [-0.39, 0.29) is 25.7 Å². The minimum atomic E-state index is -4.56. The molecular weight excluding hydrogens is 359 g/mol. The van der Waals surface area contributed by atoms with Gasteiger partial charge in [-0.15, -0.1) is 0 Å². The summed E-state index contributed by atoms with van der Waals surface area (Å²) >= 11 is 0. The van der Waals surface area contributed by atoms with E-state index in [0.717, 1.165) is 21.5 Å². The Balaban J connectivity index is 1.69. The van der Waals surface area contributed by atoms with Gasteiger partial charge in [-0.1, -0.05) is 0 Å². The van der Waals surface area contributed by atoms with Crippen molar-refractivity contribution in [1.29, 1.82) is 0 Å². The van der Waals surface area contributed by atoms with Crippen LogP contribution in [-0.4, -0.2) is 66.6 Å². The first-order valence-electron chi connectivity index (χ1n) is 7.51. The van der Waals surface area contributed by atoms with E-state index in [9.17, 15) is 22.8 Å². The summed E-state index contributed by atoms with van der Waals surface area (Å²) in [5, 5.41) is 12.3. The van der Waals surface area contributed by atoms with Crippen molar-refractivity contribution in [3.63, 3.8) is 0 Å². The highest BCUT2D eigenvalue weighted by atomic mass is 19.4. The second-order valence-electron chi connectivity index (χ2n) is 5.55. The van der Waals surface area contributed by atoms with Gasteiger partial charge in [0, 0.05) is 32.4 Å². The lowest BCUT2D eigenvalue weighted by Crippen LogP contribution is -2.49. The summed E-state index contributed by atoms with van der Waals surface area (Å²) in [5.41, 5.74) is -1.75. The Kier molecular flexibility index (Phi) is 4.52. The monoisotopic (exact) mass is 373 g/mol. The third-order valence-electron chi connectivity index (χ3n) is 3.82. The molecule has 0 aromatic carbocycles. The van der Waals surface area contributed by atoms with Gasteiger partial charge in [-0.2, -0.15) is 23.3 Å². The van der Waals surface area contributed by atoms with Gasteiger partial charge in [0.05, 0.1) is 0 Å². The predicted octanol–water partition coefficient (Wildman–Crippen LogP) is 0.159. The number of aromatic nitrogens is 5. The number of amides is 1. The molecule has 0 bridgehead atoms. The van der Waals surface area contributed by atoms with Gasteiger partial charge in [0.15, 0.2) is 5.69 Å². The number of hydrogen-bond donors (Lipinski definition) is 1. The lowest BCUT2D eigenvalue weighted by atomic mass is 10.3. The highest BCUT2D eigenvalue weighted by molar-refractivity contribution is 5.65. The zero-order valence-electron chi connectivity index (χ0n) is 13.3. The molecule has 0 saturated carbocycles. The van der Waals surface area contributed by atoms with Crippen molar-refractivity contribution in [2.24, 2.45) is 0 Å². The number of carbonyl (C=O) groups is 1. The average molecular weight is 373 g/mol. The summed E-state index contributed by atoms with van der Waals surface area (Å²) in [5.74, 6) is 0.146. The maximum absolute atomic E-state index is 12.5. The number of halogens is 3. The van der Waals surface area contributed by atoms with Crippen LogP contribution in [0.3, 0.4) is 0 Å². The molecule has 26 heavy (non-hydrogen) atoms. The van der Waals surface area contributed by atoms with E-state index in [2.05, 4.69) is 15.1 Å². The zero-order valence-corrected chi connectivity index (χ0v) is 13.3. The molecule has 3 rings (SSSR count). The van der Waals surface area contributed by atoms with Gasteiger partial charge in [-0.05, 0) is 6.07 Å². The third kappa shape index (κ3) is 3.75. The van der Waals surface area contributed by atoms with E-state index in [1.807, 2.05) is 0 Å². The fourth-order valence-electron chi connectivity index (χ4n) is 2.44. The molecule has 1 N–H and O–H groups in total. The van der Waals surface area contributed by atoms with Crippen LogP contribution >= 0.6 is 0 Å². The molecule has 0 atom stereocenters. The third-order valence-corrected chi connectivity index (χ3v) is 3.82. The van der Waals surface area contributed by atoms with Crippen molar-refractivity contribution in [3.8, 4) is 0 Å². The largest absolute Gasteiger partial charge is 0.465 e. The highest BCUT2D eigenvalue weighted by Crippen LogP contribution is 2.27. The number of alkyl halides is 3. The van der Waals surface area contributed by atoms with E-state index >= 15 is 0 Å². The van der Waals surface area contributed by atoms with Crippen LogP contribution in [0.2, 0.25) is 0 Å². The van der Waals surface area contributed by atoms with Crippen LogP contribution in [0.15, 0.2) is 23.4 Å². The van der Waals surface area contributed by atoms with E-state index in [4.69, 9.17) is 5.11 Å². The standard InChI is InChI=1S/C13H14F3N7O3/c14-13(15,16)9-1-2-23(19-9)8-22-7-17-10(18-11(22)24)20-3-5-21(6-4-20)12(25)26/h1-2,7H,3-6,8H2,(H,25,26). The van der Waals surface area contributed by atoms with E-state index in [0.29, 0.717) is 13.1 Å². The number of hydrogen-bond acceptors (Lipinski definition) is 6. The Bertz CT molecular complexity index is 855. The molecule has 140 valence electrons. The Morgan fingerprint density at radius 1 is 1.23 bits per heavy atom. The van der Waals surface area contributed by atoms with E-state index in [1.165, 1.54) is 11.2 Å². The summed E-state index contributed by atoms with van der Waals surface area (Å²) in [4.78, 5) is 33.7. The van der Waals surface area contributed by atoms with Crippen molar-refractivity contribution in [2.75, 3.05) is 31.1 Å². The van der Waals surface area contributed by atoms with Crippen LogP contribution in [0.1, 0.15) is 5.69 Å². The fraction of sp³-hybridized carbons (Fsp3) is 0.462. The topological polar surface area (TPSA) is 109 Å². The molecule has 1 saturated heterocycles. The van der Waals surface area contributed by atoms with Crippen molar-refractivity contribution >= 4 is 12.0 Å². The number of anilines is 1. The second-order valence-corrected chi connectivity index (χ2v) is 5.55. The Morgan fingerprint density at radius 3 is 2.46 bits per heavy atom. The van der Waals surface area contributed by atoms with E-state index < -0.39 is 23.7 Å². The molecule has 2 aromatic heterocycles. The van der Waals surface area contributed by atoms with Gasteiger partial charge in [0.2, 0.25) is 5.95 Å². The molecule has 0 unspecified atom stereocenters. The van der Waals surface area contributed by atoms with Gasteiger partial charge >= 0.3 is 18.0 Å². The predicted molar refractivity (Wildman–Crippen MR) is 80.7 cm³/mol. The fourth-order valence-corrected chi connectivity index (χ4v) is 2.44. The molecule has 10 nitrogen and oxygen atoms in total. The number of rotatable bonds is 3. The summed E-state index contributed by atoms with van der Waals surface area (Å²) in [6, 6.07) is 0.808. The molecule has 1 aliphatic heterocycles. The van der Waals surface area contributed by atoms with Gasteiger partial charge in [0.1, 0.15) is 13.0 Å².